The molecule has 3 rings (SSSR count). The standard InChI is InChI=1S/C22H15O3/c1-15-3-11-20(12-4-15)25-21-13-9-19(10-14-21)22(24)18-7-5-17(6-8-18)16(2)23/h1,3-14H,2H2. The molecule has 121 valence electrons. The number of carbonyl (C=O) groups is 2. The van der Waals surface area contributed by atoms with Crippen molar-refractivity contribution < 1.29 is 14.3 Å². The van der Waals surface area contributed by atoms with E-state index in [-0.39, 0.29) is 11.6 Å². The van der Waals surface area contributed by atoms with Crippen molar-refractivity contribution in [2.24, 2.45) is 0 Å². The summed E-state index contributed by atoms with van der Waals surface area (Å²) in [5.74, 6) is 0.895. The maximum Gasteiger partial charge on any atom is 0.193 e. The van der Waals surface area contributed by atoms with Crippen LogP contribution in [-0.2, 0) is 0 Å². The number of rotatable bonds is 5. The Morgan fingerprint density at radius 2 is 1.08 bits per heavy atom. The number of ether oxygens (including phenoxy) is 1. The van der Waals surface area contributed by atoms with Gasteiger partial charge in [0.15, 0.2) is 11.6 Å². The smallest absolute Gasteiger partial charge is 0.193 e. The number of Topliss-reactive ketones (excluding diaryl/α,β-unsaturated/α-hetero) is 1. The molecule has 0 spiro atoms. The predicted molar refractivity (Wildman–Crippen MR) is 95.9 cm³/mol. The van der Waals surface area contributed by atoms with Gasteiger partial charge in [-0.1, -0.05) is 36.4 Å². The van der Waals surface area contributed by atoms with Crippen LogP contribution in [0.25, 0.3) is 0 Å². The second kappa shape index (κ2) is 7.14. The van der Waals surface area contributed by atoms with Gasteiger partial charge in [0.05, 0.1) is 0 Å². The second-order valence-electron chi connectivity index (χ2n) is 5.53. The van der Waals surface area contributed by atoms with Gasteiger partial charge in [0.1, 0.15) is 11.5 Å². The molecule has 0 fully saturated rings. The molecule has 0 N–H and O–H groups in total. The van der Waals surface area contributed by atoms with E-state index in [0.29, 0.717) is 33.8 Å². The van der Waals surface area contributed by atoms with E-state index in [9.17, 15) is 9.59 Å². The van der Waals surface area contributed by atoms with Crippen molar-refractivity contribution >= 4 is 11.6 Å². The zero-order chi connectivity index (χ0) is 17.8. The summed E-state index contributed by atoms with van der Waals surface area (Å²) in [6.07, 6.45) is 0. The molecule has 0 saturated heterocycles. The Bertz CT molecular complexity index is 890. The van der Waals surface area contributed by atoms with E-state index in [1.807, 2.05) is 0 Å². The molecule has 0 amide bonds. The Balaban J connectivity index is 1.73. The lowest BCUT2D eigenvalue weighted by Crippen LogP contribution is -2.02. The van der Waals surface area contributed by atoms with Crippen LogP contribution in [0.5, 0.6) is 11.5 Å². The molecule has 25 heavy (non-hydrogen) atoms. The largest absolute Gasteiger partial charge is 0.457 e. The molecule has 3 nitrogen and oxygen atoms in total. The minimum absolute atomic E-state index is 0.123. The molecule has 0 heterocycles. The third-order valence-corrected chi connectivity index (χ3v) is 3.70. The maximum atomic E-state index is 12.5. The average Bonchev–Trinajstić information content (AvgIpc) is 2.64. The quantitative estimate of drug-likeness (QED) is 0.633. The minimum atomic E-state index is -0.275. The lowest BCUT2D eigenvalue weighted by molar-refractivity contribution is 0.103. The van der Waals surface area contributed by atoms with Gasteiger partial charge in [-0.25, -0.2) is 0 Å². The highest BCUT2D eigenvalue weighted by atomic mass is 16.5. The monoisotopic (exact) mass is 327 g/mol. The van der Waals surface area contributed by atoms with Gasteiger partial charge in [-0.2, -0.15) is 0 Å². The van der Waals surface area contributed by atoms with E-state index < -0.39 is 0 Å². The second-order valence-corrected chi connectivity index (χ2v) is 5.53. The van der Waals surface area contributed by atoms with E-state index >= 15 is 0 Å². The molecule has 0 bridgehead atoms. The molecule has 0 aliphatic heterocycles. The SMILES string of the molecule is [CH]c1ccc(Oc2ccc(C(=O)c3ccc(C([CH2])=O)cc3)cc2)cc1. The highest BCUT2D eigenvalue weighted by molar-refractivity contribution is 6.09. The Morgan fingerprint density at radius 3 is 1.56 bits per heavy atom. The third kappa shape index (κ3) is 4.01. The molecule has 0 aliphatic carbocycles. The van der Waals surface area contributed by atoms with Crippen LogP contribution in [0.4, 0.5) is 0 Å². The van der Waals surface area contributed by atoms with E-state index in [4.69, 9.17) is 11.7 Å². The van der Waals surface area contributed by atoms with E-state index in [1.165, 1.54) is 0 Å². The number of ketones is 2. The van der Waals surface area contributed by atoms with Crippen LogP contribution in [0.1, 0.15) is 31.8 Å². The Labute approximate surface area is 146 Å². The average molecular weight is 327 g/mol. The van der Waals surface area contributed by atoms with Crippen LogP contribution in [0.2, 0.25) is 0 Å². The van der Waals surface area contributed by atoms with Crippen molar-refractivity contribution in [1.29, 1.82) is 0 Å². The summed E-state index contributed by atoms with van der Waals surface area (Å²) in [5, 5.41) is 0. The first kappa shape index (κ1) is 16.7. The van der Waals surface area contributed by atoms with Crippen molar-refractivity contribution in [3.63, 3.8) is 0 Å². The van der Waals surface area contributed by atoms with Crippen LogP contribution in [0.15, 0.2) is 72.8 Å². The lowest BCUT2D eigenvalue weighted by Gasteiger charge is -2.07. The van der Waals surface area contributed by atoms with Gasteiger partial charge in [0.2, 0.25) is 0 Å². The summed E-state index contributed by atoms with van der Waals surface area (Å²) >= 11 is 0. The van der Waals surface area contributed by atoms with Gasteiger partial charge in [0, 0.05) is 23.6 Å². The Morgan fingerprint density at radius 1 is 0.680 bits per heavy atom. The number of hydrogen-bond acceptors (Lipinski definition) is 3. The summed E-state index contributed by atoms with van der Waals surface area (Å²) < 4.78 is 5.70. The number of carbonyl (C=O) groups excluding carboxylic acids is 2. The highest BCUT2D eigenvalue weighted by Gasteiger charge is 2.10. The van der Waals surface area contributed by atoms with Crippen molar-refractivity contribution in [2.45, 2.75) is 0 Å². The highest BCUT2D eigenvalue weighted by Crippen LogP contribution is 2.23. The Kier molecular flexibility index (Phi) is 4.75. The summed E-state index contributed by atoms with van der Waals surface area (Å²) in [5.41, 5.74) is 2.19. The molecule has 0 unspecified atom stereocenters. The fourth-order valence-electron chi connectivity index (χ4n) is 2.32. The Hall–Kier alpha value is -3.20. The van der Waals surface area contributed by atoms with Crippen LogP contribution < -0.4 is 4.74 Å². The number of hydrogen-bond donors (Lipinski definition) is 0. The first-order chi connectivity index (χ1) is 12.0. The molecule has 0 saturated carbocycles. The fraction of sp³-hybridized carbons (Fsp3) is 0. The van der Waals surface area contributed by atoms with Gasteiger partial charge in [-0.3, -0.25) is 9.59 Å². The van der Waals surface area contributed by atoms with Crippen LogP contribution in [-0.4, -0.2) is 11.6 Å². The molecule has 0 aliphatic rings. The zero-order valence-corrected chi connectivity index (χ0v) is 13.4. The maximum absolute atomic E-state index is 12.5. The van der Waals surface area contributed by atoms with Crippen molar-refractivity contribution in [3.05, 3.63) is 109 Å². The first-order valence-corrected chi connectivity index (χ1v) is 7.67. The fourth-order valence-corrected chi connectivity index (χ4v) is 2.32. The molecule has 3 radical (unpaired) electrons. The molecular formula is C22H15O3. The van der Waals surface area contributed by atoms with Crippen LogP contribution >= 0.6 is 0 Å². The summed E-state index contributed by atoms with van der Waals surface area (Å²) in [6.45, 7) is 8.98. The van der Waals surface area contributed by atoms with Crippen LogP contribution in [0, 0.1) is 13.8 Å². The molecule has 0 aromatic heterocycles. The van der Waals surface area contributed by atoms with Gasteiger partial charge >= 0.3 is 0 Å². The molecule has 3 heteroatoms. The molecular weight excluding hydrogens is 312 g/mol. The predicted octanol–water partition coefficient (Wildman–Crippen LogP) is 4.79. The molecule has 3 aromatic rings. The van der Waals surface area contributed by atoms with Gasteiger partial charge in [-0.15, -0.1) is 0 Å². The van der Waals surface area contributed by atoms with Gasteiger partial charge < -0.3 is 4.74 Å². The van der Waals surface area contributed by atoms with E-state index in [2.05, 4.69) is 6.92 Å². The van der Waals surface area contributed by atoms with Gasteiger partial charge in [-0.05, 0) is 48.9 Å². The van der Waals surface area contributed by atoms with Crippen LogP contribution in [0.3, 0.4) is 0 Å². The lowest BCUT2D eigenvalue weighted by atomic mass is 10.0. The minimum Gasteiger partial charge on any atom is -0.457 e. The van der Waals surface area contributed by atoms with Gasteiger partial charge in [0.25, 0.3) is 0 Å². The third-order valence-electron chi connectivity index (χ3n) is 3.70. The normalized spacial score (nSPS) is 10.3. The van der Waals surface area contributed by atoms with E-state index in [1.54, 1.807) is 72.8 Å². The topological polar surface area (TPSA) is 43.4 Å². The molecule has 3 aromatic carbocycles. The van der Waals surface area contributed by atoms with Crippen molar-refractivity contribution in [3.8, 4) is 11.5 Å². The summed E-state index contributed by atoms with van der Waals surface area (Å²) in [4.78, 5) is 23.7. The van der Waals surface area contributed by atoms with E-state index in [0.717, 1.165) is 0 Å². The summed E-state index contributed by atoms with van der Waals surface area (Å²) in [7, 11) is 0. The zero-order valence-electron chi connectivity index (χ0n) is 13.4. The molecule has 0 atom stereocenters. The van der Waals surface area contributed by atoms with Crippen molar-refractivity contribution in [2.75, 3.05) is 0 Å². The van der Waals surface area contributed by atoms with Crippen molar-refractivity contribution in [1.82, 2.24) is 0 Å². The number of benzene rings is 3. The first-order valence-electron chi connectivity index (χ1n) is 7.67. The summed E-state index contributed by atoms with van der Waals surface area (Å²) in [6, 6.07) is 20.4.